The maximum absolute atomic E-state index is 11.4. The number of allylic oxidation sites excluding steroid dienone is 3. The van der Waals surface area contributed by atoms with Crippen LogP contribution in [-0.4, -0.2) is 51.4 Å². The molecule has 8 heteroatoms. The largest absolute Gasteiger partial charge is 0.495 e. The number of ether oxygens (including phenoxy) is 3. The predicted molar refractivity (Wildman–Crippen MR) is 111 cm³/mol. The Hall–Kier alpha value is -2.22. The molecule has 0 aromatic heterocycles. The molecular formula is C20H29ClN2O5. The Kier molecular flexibility index (Phi) is 9.31. The molecule has 0 aliphatic carbocycles. The number of methoxy groups -OCH3 is 3. The van der Waals surface area contributed by atoms with Crippen LogP contribution >= 0.6 is 11.6 Å². The molecular weight excluding hydrogens is 384 g/mol. The minimum atomic E-state index is -1.62. The molecule has 0 fully saturated rings. The number of benzene rings is 1. The van der Waals surface area contributed by atoms with Gasteiger partial charge in [-0.3, -0.25) is 5.32 Å². The number of anilines is 1. The maximum atomic E-state index is 11.4. The molecule has 0 radical (unpaired) electrons. The van der Waals surface area contributed by atoms with Crippen molar-refractivity contribution in [2.45, 2.75) is 32.1 Å². The van der Waals surface area contributed by atoms with Crippen molar-refractivity contribution < 1.29 is 24.1 Å². The summed E-state index contributed by atoms with van der Waals surface area (Å²) in [6, 6.07) is 3.86. The first kappa shape index (κ1) is 23.8. The summed E-state index contributed by atoms with van der Waals surface area (Å²) < 4.78 is 15.1. The normalized spacial score (nSPS) is 15.1. The standard InChI is InChI=1S/C20H29ClN2O5/c1-13(10-14-11-15(22-3)18(21)16(12-14)26-4)8-7-9-17(27-5)20(2,25)23-19(24)28-6/h7-9,11-12,17,22,25H,10H2,1-6H3,(H,23,24)/b9-7+,13-8+/t17-,20+/m1/s1. The van der Waals surface area contributed by atoms with Crippen LogP contribution < -0.4 is 15.4 Å². The third-order valence-electron chi connectivity index (χ3n) is 4.09. The first-order chi connectivity index (χ1) is 13.2. The fourth-order valence-electron chi connectivity index (χ4n) is 2.61. The summed E-state index contributed by atoms with van der Waals surface area (Å²) in [4.78, 5) is 11.4. The molecule has 1 amide bonds. The van der Waals surface area contributed by atoms with Crippen LogP contribution in [0, 0.1) is 0 Å². The number of alkyl carbamates (subject to hydrolysis) is 1. The fraction of sp³-hybridized carbons (Fsp3) is 0.450. The SMILES string of the molecule is CNc1cc(C/C(C)=C/C=C/[C@@H](OC)[C@](C)(O)NC(=O)OC)cc(OC)c1Cl. The van der Waals surface area contributed by atoms with Crippen LogP contribution in [0.15, 0.2) is 35.9 Å². The van der Waals surface area contributed by atoms with Crippen molar-refractivity contribution in [1.29, 1.82) is 0 Å². The molecule has 0 saturated heterocycles. The molecule has 0 unspecified atom stereocenters. The Morgan fingerprint density at radius 2 is 2.04 bits per heavy atom. The van der Waals surface area contributed by atoms with E-state index >= 15 is 0 Å². The van der Waals surface area contributed by atoms with Gasteiger partial charge in [-0.05, 0) is 38.0 Å². The van der Waals surface area contributed by atoms with Gasteiger partial charge >= 0.3 is 6.09 Å². The summed E-state index contributed by atoms with van der Waals surface area (Å²) in [7, 11) is 6.04. The summed E-state index contributed by atoms with van der Waals surface area (Å²) in [5, 5.41) is 16.3. The zero-order chi connectivity index (χ0) is 21.3. The van der Waals surface area contributed by atoms with Crippen LogP contribution in [0.2, 0.25) is 5.02 Å². The number of hydrogen-bond donors (Lipinski definition) is 3. The summed E-state index contributed by atoms with van der Waals surface area (Å²) in [5.41, 5.74) is 1.28. The van der Waals surface area contributed by atoms with E-state index in [4.69, 9.17) is 21.1 Å². The van der Waals surface area contributed by atoms with Gasteiger partial charge in [0.25, 0.3) is 0 Å². The van der Waals surface area contributed by atoms with E-state index in [1.807, 2.05) is 25.1 Å². The van der Waals surface area contributed by atoms with Gasteiger partial charge in [-0.25, -0.2) is 4.79 Å². The second kappa shape index (κ2) is 10.9. The molecule has 0 bridgehead atoms. The van der Waals surface area contributed by atoms with Crippen molar-refractivity contribution in [2.75, 3.05) is 33.7 Å². The highest BCUT2D eigenvalue weighted by molar-refractivity contribution is 6.34. The van der Waals surface area contributed by atoms with E-state index in [1.54, 1.807) is 26.3 Å². The molecule has 3 N–H and O–H groups in total. The highest BCUT2D eigenvalue weighted by atomic mass is 35.5. The predicted octanol–water partition coefficient (Wildman–Crippen LogP) is 3.51. The van der Waals surface area contributed by atoms with Gasteiger partial charge in [-0.1, -0.05) is 35.4 Å². The molecule has 0 spiro atoms. The Balaban J connectivity index is 2.90. The fourth-order valence-corrected chi connectivity index (χ4v) is 2.89. The maximum Gasteiger partial charge on any atom is 0.409 e. The average Bonchev–Trinajstić information content (AvgIpc) is 2.65. The van der Waals surface area contributed by atoms with Gasteiger partial charge in [0.2, 0.25) is 0 Å². The van der Waals surface area contributed by atoms with Crippen molar-refractivity contribution in [3.63, 3.8) is 0 Å². The van der Waals surface area contributed by atoms with Gasteiger partial charge in [-0.15, -0.1) is 0 Å². The number of rotatable bonds is 9. The number of carbonyl (C=O) groups excluding carboxylic acids is 1. The molecule has 156 valence electrons. The Labute approximate surface area is 171 Å². The van der Waals surface area contributed by atoms with Gasteiger partial charge in [0, 0.05) is 14.2 Å². The van der Waals surface area contributed by atoms with E-state index in [2.05, 4.69) is 15.4 Å². The van der Waals surface area contributed by atoms with E-state index in [0.29, 0.717) is 17.2 Å². The molecule has 0 aliphatic heterocycles. The van der Waals surface area contributed by atoms with E-state index in [9.17, 15) is 9.90 Å². The smallest absolute Gasteiger partial charge is 0.409 e. The average molecular weight is 413 g/mol. The van der Waals surface area contributed by atoms with Gasteiger partial charge in [-0.2, -0.15) is 0 Å². The molecule has 2 atom stereocenters. The van der Waals surface area contributed by atoms with Crippen molar-refractivity contribution in [2.24, 2.45) is 0 Å². The van der Waals surface area contributed by atoms with Crippen LogP contribution in [0.4, 0.5) is 10.5 Å². The van der Waals surface area contributed by atoms with Crippen molar-refractivity contribution >= 4 is 23.4 Å². The second-order valence-corrected chi connectivity index (χ2v) is 6.78. The molecule has 1 rings (SSSR count). The third kappa shape index (κ3) is 6.74. The van der Waals surface area contributed by atoms with Gasteiger partial charge < -0.3 is 24.6 Å². The van der Waals surface area contributed by atoms with Gasteiger partial charge in [0.05, 0.1) is 19.9 Å². The van der Waals surface area contributed by atoms with Crippen LogP contribution in [-0.2, 0) is 15.9 Å². The lowest BCUT2D eigenvalue weighted by molar-refractivity contribution is -0.0758. The molecule has 1 aromatic rings. The molecule has 7 nitrogen and oxygen atoms in total. The molecule has 0 heterocycles. The Bertz CT molecular complexity index is 706. The lowest BCUT2D eigenvalue weighted by atomic mass is 10.0. The van der Waals surface area contributed by atoms with Crippen LogP contribution in [0.5, 0.6) is 5.75 Å². The third-order valence-corrected chi connectivity index (χ3v) is 4.48. The van der Waals surface area contributed by atoms with Gasteiger partial charge in [0.15, 0.2) is 5.72 Å². The molecule has 28 heavy (non-hydrogen) atoms. The Morgan fingerprint density at radius 3 is 2.57 bits per heavy atom. The van der Waals surface area contributed by atoms with E-state index in [1.165, 1.54) is 21.1 Å². The number of hydrogen-bond acceptors (Lipinski definition) is 6. The zero-order valence-electron chi connectivity index (χ0n) is 17.1. The van der Waals surface area contributed by atoms with E-state index < -0.39 is 17.9 Å². The summed E-state index contributed by atoms with van der Waals surface area (Å²) in [6.45, 7) is 3.41. The summed E-state index contributed by atoms with van der Waals surface area (Å²) in [5.74, 6) is 0.608. The lowest BCUT2D eigenvalue weighted by Crippen LogP contribution is -2.54. The van der Waals surface area contributed by atoms with Crippen molar-refractivity contribution in [3.05, 3.63) is 46.5 Å². The highest BCUT2D eigenvalue weighted by Crippen LogP contribution is 2.34. The minimum Gasteiger partial charge on any atom is -0.495 e. The Morgan fingerprint density at radius 1 is 1.36 bits per heavy atom. The summed E-state index contributed by atoms with van der Waals surface area (Å²) in [6.07, 6.45) is 4.50. The van der Waals surface area contributed by atoms with Crippen molar-refractivity contribution in [1.82, 2.24) is 5.32 Å². The topological polar surface area (TPSA) is 89.1 Å². The van der Waals surface area contributed by atoms with Gasteiger partial charge in [0.1, 0.15) is 16.9 Å². The van der Waals surface area contributed by atoms with Crippen LogP contribution in [0.25, 0.3) is 0 Å². The van der Waals surface area contributed by atoms with Crippen molar-refractivity contribution in [3.8, 4) is 5.75 Å². The first-order valence-electron chi connectivity index (χ1n) is 8.67. The summed E-state index contributed by atoms with van der Waals surface area (Å²) >= 11 is 6.25. The highest BCUT2D eigenvalue weighted by Gasteiger charge is 2.32. The van der Waals surface area contributed by atoms with Crippen LogP contribution in [0.1, 0.15) is 19.4 Å². The number of halogens is 1. The molecule has 0 aliphatic rings. The second-order valence-electron chi connectivity index (χ2n) is 6.40. The van der Waals surface area contributed by atoms with E-state index in [0.717, 1.165) is 16.8 Å². The van der Waals surface area contributed by atoms with E-state index in [-0.39, 0.29) is 0 Å². The quantitative estimate of drug-likeness (QED) is 0.425. The zero-order valence-corrected chi connectivity index (χ0v) is 17.9. The minimum absolute atomic E-state index is 0.540. The first-order valence-corrected chi connectivity index (χ1v) is 9.05. The molecule has 0 saturated carbocycles. The molecule has 1 aromatic carbocycles. The van der Waals surface area contributed by atoms with Crippen LogP contribution in [0.3, 0.4) is 0 Å². The number of aliphatic hydroxyl groups is 1. The number of amides is 1. The monoisotopic (exact) mass is 412 g/mol. The number of carbonyl (C=O) groups is 1. The lowest BCUT2D eigenvalue weighted by Gasteiger charge is -2.29. The number of nitrogens with one attached hydrogen (secondary N) is 2.